The van der Waals surface area contributed by atoms with E-state index in [0.29, 0.717) is 13.0 Å². The lowest BCUT2D eigenvalue weighted by Gasteiger charge is -2.29. The molecule has 1 amide bonds. The second-order valence-corrected chi connectivity index (χ2v) is 5.98. The van der Waals surface area contributed by atoms with Gasteiger partial charge in [-0.15, -0.1) is 0 Å². The van der Waals surface area contributed by atoms with Crippen LogP contribution in [0.15, 0.2) is 78.3 Å². The lowest BCUT2D eigenvalue weighted by Crippen LogP contribution is -2.41. The molecule has 0 aromatic heterocycles. The molecule has 0 fully saturated rings. The van der Waals surface area contributed by atoms with Crippen molar-refractivity contribution in [2.75, 3.05) is 13.7 Å². The number of methoxy groups -OCH3 is 1. The maximum atomic E-state index is 12.6. The second-order valence-electron chi connectivity index (χ2n) is 5.98. The van der Waals surface area contributed by atoms with Crippen molar-refractivity contribution in [3.05, 3.63) is 84.4 Å². The van der Waals surface area contributed by atoms with Crippen LogP contribution in [-0.4, -0.2) is 42.7 Å². The first-order valence-electron chi connectivity index (χ1n) is 8.71. The van der Waals surface area contributed by atoms with Gasteiger partial charge >= 0.3 is 5.97 Å². The number of ether oxygens (including phenoxy) is 1. The third-order valence-electron chi connectivity index (χ3n) is 4.07. The van der Waals surface area contributed by atoms with Gasteiger partial charge in [-0.05, 0) is 23.6 Å². The maximum Gasteiger partial charge on any atom is 0.327 e. The minimum Gasteiger partial charge on any atom is -0.468 e. The minimum atomic E-state index is -0.422. The Hall–Kier alpha value is -3.21. The van der Waals surface area contributed by atoms with E-state index in [2.05, 4.69) is 16.3 Å². The van der Waals surface area contributed by atoms with Crippen molar-refractivity contribution in [3.63, 3.8) is 0 Å². The van der Waals surface area contributed by atoms with Crippen LogP contribution in [0.1, 0.15) is 11.1 Å². The van der Waals surface area contributed by atoms with E-state index in [0.717, 1.165) is 11.1 Å². The van der Waals surface area contributed by atoms with Crippen molar-refractivity contribution < 1.29 is 14.3 Å². The lowest BCUT2D eigenvalue weighted by molar-refractivity contribution is -0.138. The van der Waals surface area contributed by atoms with Crippen LogP contribution in [0.2, 0.25) is 0 Å². The lowest BCUT2D eigenvalue weighted by atomic mass is 10.0. The van der Waals surface area contributed by atoms with Gasteiger partial charge in [0.1, 0.15) is 6.54 Å². The van der Waals surface area contributed by atoms with Crippen molar-refractivity contribution in [2.45, 2.75) is 19.0 Å². The zero-order chi connectivity index (χ0) is 19.5. The van der Waals surface area contributed by atoms with Gasteiger partial charge in [-0.3, -0.25) is 14.6 Å². The minimum absolute atomic E-state index is 0.0801. The molecule has 0 heterocycles. The Kier molecular flexibility index (Phi) is 7.97. The number of aliphatic imine (C=N–C) groups is 1. The number of esters is 1. The summed E-state index contributed by atoms with van der Waals surface area (Å²) < 4.78 is 4.63. The molecule has 27 heavy (non-hydrogen) atoms. The molecule has 0 radical (unpaired) electrons. The van der Waals surface area contributed by atoms with Crippen LogP contribution in [0.4, 0.5) is 0 Å². The Balaban J connectivity index is 2.28. The predicted octanol–water partition coefficient (Wildman–Crippen LogP) is 3.06. The van der Waals surface area contributed by atoms with Crippen LogP contribution in [0.3, 0.4) is 0 Å². The van der Waals surface area contributed by atoms with Crippen LogP contribution >= 0.6 is 0 Å². The Morgan fingerprint density at radius 2 is 1.67 bits per heavy atom. The molecule has 1 atom stereocenters. The fraction of sp³-hybridized carbons (Fsp3) is 0.227. The van der Waals surface area contributed by atoms with Gasteiger partial charge in [-0.25, -0.2) is 0 Å². The van der Waals surface area contributed by atoms with E-state index in [4.69, 9.17) is 0 Å². The summed E-state index contributed by atoms with van der Waals surface area (Å²) in [6.07, 6.45) is 3.53. The molecule has 0 saturated heterocycles. The zero-order valence-electron chi connectivity index (χ0n) is 15.5. The van der Waals surface area contributed by atoms with Crippen molar-refractivity contribution in [2.24, 2.45) is 4.99 Å². The molecule has 0 aliphatic heterocycles. The quantitative estimate of drug-likeness (QED) is 0.390. The number of nitrogens with zero attached hydrogens (tertiary/aromatic N) is 2. The fourth-order valence-electron chi connectivity index (χ4n) is 2.67. The summed E-state index contributed by atoms with van der Waals surface area (Å²) in [6.45, 7) is 3.97. The first-order chi connectivity index (χ1) is 13.1. The predicted molar refractivity (Wildman–Crippen MR) is 106 cm³/mol. The monoisotopic (exact) mass is 364 g/mol. The molecular weight excluding hydrogens is 340 g/mol. The van der Waals surface area contributed by atoms with Crippen LogP contribution in [0.25, 0.3) is 0 Å². The van der Waals surface area contributed by atoms with Gasteiger partial charge in [0.25, 0.3) is 0 Å². The average molecular weight is 364 g/mol. The van der Waals surface area contributed by atoms with Gasteiger partial charge < -0.3 is 9.64 Å². The molecule has 2 rings (SSSR count). The van der Waals surface area contributed by atoms with E-state index >= 15 is 0 Å². The Morgan fingerprint density at radius 3 is 2.22 bits per heavy atom. The molecular formula is C22H24N2O3. The largest absolute Gasteiger partial charge is 0.468 e. The molecule has 0 saturated carbocycles. The third-order valence-corrected chi connectivity index (χ3v) is 4.07. The Bertz CT molecular complexity index is 773. The van der Waals surface area contributed by atoms with E-state index in [-0.39, 0.29) is 18.5 Å². The standard InChI is InChI=1S/C22H24N2O3/c1-3-21(25)24(17-19-12-8-5-9-13-19)20(15-23-16-22(26)27-2)14-18-10-6-4-7-11-18/h3-13,15,20H,1,14,16-17H2,2H3/t20-/m0/s1. The van der Waals surface area contributed by atoms with Crippen molar-refractivity contribution in [1.82, 2.24) is 4.90 Å². The molecule has 140 valence electrons. The summed E-state index contributed by atoms with van der Waals surface area (Å²) in [7, 11) is 1.32. The molecule has 5 heteroatoms. The van der Waals surface area contributed by atoms with Crippen molar-refractivity contribution in [3.8, 4) is 0 Å². The smallest absolute Gasteiger partial charge is 0.327 e. The number of hydrogen-bond donors (Lipinski definition) is 0. The summed E-state index contributed by atoms with van der Waals surface area (Å²) >= 11 is 0. The summed E-state index contributed by atoms with van der Waals surface area (Å²) in [6, 6.07) is 19.3. The molecule has 0 spiro atoms. The van der Waals surface area contributed by atoms with Gasteiger partial charge in [0, 0.05) is 12.8 Å². The average Bonchev–Trinajstić information content (AvgIpc) is 2.72. The Morgan fingerprint density at radius 1 is 1.07 bits per heavy atom. The number of hydrogen-bond acceptors (Lipinski definition) is 4. The van der Waals surface area contributed by atoms with Gasteiger partial charge in [-0.1, -0.05) is 67.2 Å². The highest BCUT2D eigenvalue weighted by Gasteiger charge is 2.21. The molecule has 0 aliphatic carbocycles. The van der Waals surface area contributed by atoms with Crippen LogP contribution in [0.5, 0.6) is 0 Å². The number of amides is 1. The highest BCUT2D eigenvalue weighted by Crippen LogP contribution is 2.13. The molecule has 2 aromatic carbocycles. The van der Waals surface area contributed by atoms with E-state index < -0.39 is 5.97 Å². The van der Waals surface area contributed by atoms with Gasteiger partial charge in [0.2, 0.25) is 5.91 Å². The highest BCUT2D eigenvalue weighted by molar-refractivity contribution is 5.89. The fourth-order valence-corrected chi connectivity index (χ4v) is 2.67. The summed E-state index contributed by atoms with van der Waals surface area (Å²) in [5, 5.41) is 0. The number of carbonyl (C=O) groups is 2. The zero-order valence-corrected chi connectivity index (χ0v) is 15.5. The number of carbonyl (C=O) groups excluding carboxylic acids is 2. The molecule has 0 aliphatic rings. The Labute approximate surface area is 160 Å². The van der Waals surface area contributed by atoms with Crippen LogP contribution in [0, 0.1) is 0 Å². The van der Waals surface area contributed by atoms with E-state index in [1.165, 1.54) is 13.2 Å². The normalized spacial score (nSPS) is 11.7. The molecule has 5 nitrogen and oxygen atoms in total. The van der Waals surface area contributed by atoms with Crippen molar-refractivity contribution in [1.29, 1.82) is 0 Å². The maximum absolute atomic E-state index is 12.6. The first kappa shape index (κ1) is 20.1. The molecule has 0 bridgehead atoms. The van der Waals surface area contributed by atoms with Gasteiger partial charge in [-0.2, -0.15) is 0 Å². The number of rotatable bonds is 9. The van der Waals surface area contributed by atoms with Crippen LogP contribution < -0.4 is 0 Å². The van der Waals surface area contributed by atoms with Crippen LogP contribution in [-0.2, 0) is 27.3 Å². The van der Waals surface area contributed by atoms with E-state index in [1.807, 2.05) is 60.7 Å². The number of benzene rings is 2. The molecule has 2 aromatic rings. The van der Waals surface area contributed by atoms with E-state index in [9.17, 15) is 9.59 Å². The van der Waals surface area contributed by atoms with E-state index in [1.54, 1.807) is 11.1 Å². The van der Waals surface area contributed by atoms with Gasteiger partial charge in [0.15, 0.2) is 0 Å². The SMILES string of the molecule is C=CC(=O)N(Cc1ccccc1)[C@H](C=NCC(=O)OC)Cc1ccccc1. The molecule has 0 N–H and O–H groups in total. The topological polar surface area (TPSA) is 59.0 Å². The summed E-state index contributed by atoms with van der Waals surface area (Å²) in [5.74, 6) is -0.612. The third kappa shape index (κ3) is 6.55. The second kappa shape index (κ2) is 10.7. The first-order valence-corrected chi connectivity index (χ1v) is 8.71. The summed E-state index contributed by atoms with van der Waals surface area (Å²) in [4.78, 5) is 29.8. The van der Waals surface area contributed by atoms with Gasteiger partial charge in [0.05, 0.1) is 13.2 Å². The molecule has 0 unspecified atom stereocenters. The highest BCUT2D eigenvalue weighted by atomic mass is 16.5. The summed E-state index contributed by atoms with van der Waals surface area (Å²) in [5.41, 5.74) is 2.08. The van der Waals surface area contributed by atoms with Crippen molar-refractivity contribution >= 4 is 18.1 Å².